The second-order valence-corrected chi connectivity index (χ2v) is 6.12. The summed E-state index contributed by atoms with van der Waals surface area (Å²) >= 11 is 5.88. The van der Waals surface area contributed by atoms with Crippen LogP contribution in [0, 0.1) is 17.1 Å². The lowest BCUT2D eigenvalue weighted by Crippen LogP contribution is -2.33. The van der Waals surface area contributed by atoms with Crippen molar-refractivity contribution in [2.24, 2.45) is 0 Å². The van der Waals surface area contributed by atoms with Gasteiger partial charge in [-0.3, -0.25) is 4.79 Å². The van der Waals surface area contributed by atoms with Gasteiger partial charge in [0.2, 0.25) is 0 Å². The van der Waals surface area contributed by atoms with Gasteiger partial charge in [-0.15, -0.1) is 12.4 Å². The Morgan fingerprint density at radius 2 is 2.23 bits per heavy atom. The number of nitriles is 1. The van der Waals surface area contributed by atoms with Crippen molar-refractivity contribution < 1.29 is 13.9 Å². The van der Waals surface area contributed by atoms with Gasteiger partial charge in [0.15, 0.2) is 5.78 Å². The normalized spacial score (nSPS) is 16.4. The SMILES string of the molecule is Cl.N#Cc1cc(Cl)cc(C(=O)Cc2ccc([C@H]3CNCCO3)cc2F)n1. The number of ether oxygens (including phenoxy) is 1. The van der Waals surface area contributed by atoms with Gasteiger partial charge in [-0.05, 0) is 29.3 Å². The number of pyridine rings is 1. The molecule has 1 aromatic carbocycles. The van der Waals surface area contributed by atoms with Crippen LogP contribution >= 0.6 is 24.0 Å². The number of nitrogens with zero attached hydrogens (tertiary/aromatic N) is 2. The first-order valence-electron chi connectivity index (χ1n) is 7.78. The first kappa shape index (κ1) is 20.3. The third kappa shape index (κ3) is 4.77. The van der Waals surface area contributed by atoms with Crippen LogP contribution in [0.5, 0.6) is 0 Å². The molecule has 1 aliphatic rings. The Morgan fingerprint density at radius 3 is 2.88 bits per heavy atom. The molecule has 1 fully saturated rings. The predicted molar refractivity (Wildman–Crippen MR) is 97.2 cm³/mol. The van der Waals surface area contributed by atoms with E-state index in [-0.39, 0.29) is 46.9 Å². The van der Waals surface area contributed by atoms with Gasteiger partial charge in [0.05, 0.1) is 12.7 Å². The number of morpholine rings is 1. The van der Waals surface area contributed by atoms with E-state index in [1.54, 1.807) is 12.1 Å². The fraction of sp³-hybridized carbons (Fsp3) is 0.278. The van der Waals surface area contributed by atoms with E-state index in [1.165, 1.54) is 18.2 Å². The molecule has 0 radical (unpaired) electrons. The van der Waals surface area contributed by atoms with Crippen LogP contribution in [0.4, 0.5) is 4.39 Å². The maximum absolute atomic E-state index is 14.4. The van der Waals surface area contributed by atoms with Crippen LogP contribution in [-0.2, 0) is 11.2 Å². The van der Waals surface area contributed by atoms with Crippen LogP contribution in [-0.4, -0.2) is 30.5 Å². The summed E-state index contributed by atoms with van der Waals surface area (Å²) in [7, 11) is 0. The van der Waals surface area contributed by atoms with Gasteiger partial charge in [-0.2, -0.15) is 5.26 Å². The zero-order chi connectivity index (χ0) is 17.8. The Balaban J connectivity index is 0.00000243. The smallest absolute Gasteiger partial charge is 0.185 e. The topological polar surface area (TPSA) is 75.0 Å². The van der Waals surface area contributed by atoms with Crippen LogP contribution in [0.2, 0.25) is 5.02 Å². The molecular formula is C18H16Cl2FN3O2. The van der Waals surface area contributed by atoms with E-state index >= 15 is 0 Å². The average molecular weight is 396 g/mol. The molecule has 2 heterocycles. The summed E-state index contributed by atoms with van der Waals surface area (Å²) in [6, 6.07) is 9.32. The minimum atomic E-state index is -0.470. The molecule has 5 nitrogen and oxygen atoms in total. The molecule has 1 aliphatic heterocycles. The minimum Gasteiger partial charge on any atom is -0.371 e. The third-order valence-electron chi connectivity index (χ3n) is 3.92. The fourth-order valence-corrected chi connectivity index (χ4v) is 2.85. The van der Waals surface area contributed by atoms with E-state index in [2.05, 4.69) is 10.3 Å². The molecule has 0 saturated carbocycles. The summed E-state index contributed by atoms with van der Waals surface area (Å²) in [5.41, 5.74) is 1.09. The molecule has 1 N–H and O–H groups in total. The monoisotopic (exact) mass is 395 g/mol. The van der Waals surface area contributed by atoms with Gasteiger partial charge in [-0.25, -0.2) is 9.37 Å². The van der Waals surface area contributed by atoms with E-state index < -0.39 is 11.6 Å². The summed E-state index contributed by atoms with van der Waals surface area (Å²) in [5, 5.41) is 12.3. The molecule has 26 heavy (non-hydrogen) atoms. The lowest BCUT2D eigenvalue weighted by molar-refractivity contribution is 0.0275. The molecule has 0 unspecified atom stereocenters. The largest absolute Gasteiger partial charge is 0.371 e. The summed E-state index contributed by atoms with van der Waals surface area (Å²) in [6.07, 6.45) is -0.352. The number of halogens is 3. The van der Waals surface area contributed by atoms with Gasteiger partial charge in [0.1, 0.15) is 23.3 Å². The van der Waals surface area contributed by atoms with Crippen molar-refractivity contribution in [1.29, 1.82) is 5.26 Å². The molecule has 0 bridgehead atoms. The highest BCUT2D eigenvalue weighted by Gasteiger charge is 2.19. The second kappa shape index (κ2) is 9.06. The molecule has 2 aromatic rings. The van der Waals surface area contributed by atoms with Crippen molar-refractivity contribution in [2.75, 3.05) is 19.7 Å². The third-order valence-corrected chi connectivity index (χ3v) is 4.14. The number of Topliss-reactive ketones (excluding diaryl/α,β-unsaturated/α-hetero) is 1. The highest BCUT2D eigenvalue weighted by atomic mass is 35.5. The quantitative estimate of drug-likeness (QED) is 0.804. The highest BCUT2D eigenvalue weighted by Crippen LogP contribution is 2.22. The number of hydrogen-bond acceptors (Lipinski definition) is 5. The van der Waals surface area contributed by atoms with Gasteiger partial charge < -0.3 is 10.1 Å². The molecule has 1 aromatic heterocycles. The molecule has 0 aliphatic carbocycles. The Morgan fingerprint density at radius 1 is 1.42 bits per heavy atom. The first-order chi connectivity index (χ1) is 12.1. The molecule has 8 heteroatoms. The van der Waals surface area contributed by atoms with Gasteiger partial charge in [0.25, 0.3) is 0 Å². The summed E-state index contributed by atoms with van der Waals surface area (Å²) < 4.78 is 20.0. The number of nitrogens with one attached hydrogen (secondary N) is 1. The van der Waals surface area contributed by atoms with Gasteiger partial charge >= 0.3 is 0 Å². The molecule has 1 saturated heterocycles. The van der Waals surface area contributed by atoms with Crippen molar-refractivity contribution in [1.82, 2.24) is 10.3 Å². The van der Waals surface area contributed by atoms with E-state index in [4.69, 9.17) is 21.6 Å². The first-order valence-corrected chi connectivity index (χ1v) is 8.16. The van der Waals surface area contributed by atoms with E-state index in [0.29, 0.717) is 13.2 Å². The second-order valence-electron chi connectivity index (χ2n) is 5.68. The number of carbonyl (C=O) groups is 1. The van der Waals surface area contributed by atoms with Crippen molar-refractivity contribution >= 4 is 29.8 Å². The molecule has 0 amide bonds. The maximum atomic E-state index is 14.4. The van der Waals surface area contributed by atoms with Gasteiger partial charge in [0, 0.05) is 24.5 Å². The summed E-state index contributed by atoms with van der Waals surface area (Å²) in [4.78, 5) is 16.3. The van der Waals surface area contributed by atoms with Crippen LogP contribution in [0.25, 0.3) is 0 Å². The number of ketones is 1. The Kier molecular flexibility index (Phi) is 7.06. The summed E-state index contributed by atoms with van der Waals surface area (Å²) in [5.74, 6) is -0.871. The Hall–Kier alpha value is -2.04. The number of aromatic nitrogens is 1. The van der Waals surface area contributed by atoms with Gasteiger partial charge in [-0.1, -0.05) is 23.7 Å². The Bertz CT molecular complexity index is 849. The van der Waals surface area contributed by atoms with Crippen LogP contribution < -0.4 is 5.32 Å². The van der Waals surface area contributed by atoms with E-state index in [9.17, 15) is 9.18 Å². The maximum Gasteiger partial charge on any atom is 0.185 e. The lowest BCUT2D eigenvalue weighted by Gasteiger charge is -2.24. The standard InChI is InChI=1S/C18H15ClFN3O2.ClH/c19-13-7-14(9-21)23-16(8-13)17(24)6-11-1-2-12(5-15(11)20)18-10-22-3-4-25-18;/h1-2,5,7-8,18,22H,3-4,6,10H2;1H/t18-;/m1./s1. The summed E-state index contributed by atoms with van der Waals surface area (Å²) in [6.45, 7) is 1.98. The van der Waals surface area contributed by atoms with Crippen LogP contribution in [0.1, 0.15) is 33.4 Å². The Labute approximate surface area is 161 Å². The average Bonchev–Trinajstić information content (AvgIpc) is 2.63. The minimum absolute atomic E-state index is 0. The van der Waals surface area contributed by atoms with Crippen molar-refractivity contribution in [3.05, 3.63) is 63.7 Å². The molecule has 136 valence electrons. The highest BCUT2D eigenvalue weighted by molar-refractivity contribution is 6.31. The molecule has 1 atom stereocenters. The van der Waals surface area contributed by atoms with Crippen LogP contribution in [0.15, 0.2) is 30.3 Å². The fourth-order valence-electron chi connectivity index (χ4n) is 2.65. The molecular weight excluding hydrogens is 380 g/mol. The van der Waals surface area contributed by atoms with Crippen molar-refractivity contribution in [3.63, 3.8) is 0 Å². The van der Waals surface area contributed by atoms with Crippen molar-refractivity contribution in [3.8, 4) is 6.07 Å². The number of benzene rings is 1. The zero-order valence-electron chi connectivity index (χ0n) is 13.7. The molecule has 3 rings (SSSR count). The van der Waals surface area contributed by atoms with Crippen LogP contribution in [0.3, 0.4) is 0 Å². The van der Waals surface area contributed by atoms with E-state index in [0.717, 1.165) is 12.1 Å². The zero-order valence-corrected chi connectivity index (χ0v) is 15.2. The van der Waals surface area contributed by atoms with E-state index in [1.807, 2.05) is 6.07 Å². The number of rotatable bonds is 4. The number of hydrogen-bond donors (Lipinski definition) is 1. The molecule has 0 spiro atoms. The number of carbonyl (C=O) groups excluding carboxylic acids is 1. The lowest BCUT2D eigenvalue weighted by atomic mass is 10.0. The van der Waals surface area contributed by atoms with Crippen molar-refractivity contribution in [2.45, 2.75) is 12.5 Å². The predicted octanol–water partition coefficient (Wildman–Crippen LogP) is 3.25.